The van der Waals surface area contributed by atoms with Crippen LogP contribution in [0.4, 0.5) is 5.69 Å². The molecule has 6 nitrogen and oxygen atoms in total. The predicted octanol–water partition coefficient (Wildman–Crippen LogP) is 3.98. The van der Waals surface area contributed by atoms with E-state index in [4.69, 9.17) is 37.4 Å². The summed E-state index contributed by atoms with van der Waals surface area (Å²) in [4.78, 5) is 24.4. The molecule has 2 aromatic carbocycles. The van der Waals surface area contributed by atoms with Crippen molar-refractivity contribution < 1.29 is 23.8 Å². The fourth-order valence-electron chi connectivity index (χ4n) is 2.29. The minimum Gasteiger partial charge on any atom is -0.493 e. The second-order valence-electron chi connectivity index (χ2n) is 5.21. The van der Waals surface area contributed by atoms with Crippen LogP contribution in [0.2, 0.25) is 10.0 Å². The predicted molar refractivity (Wildman–Crippen MR) is 99.7 cm³/mol. The maximum atomic E-state index is 12.4. The first-order valence-electron chi connectivity index (χ1n) is 7.47. The zero-order valence-corrected chi connectivity index (χ0v) is 15.9. The third-order valence-corrected chi connectivity index (χ3v) is 4.16. The summed E-state index contributed by atoms with van der Waals surface area (Å²) < 4.78 is 15.2. The number of amides is 1. The van der Waals surface area contributed by atoms with Crippen LogP contribution in [0.25, 0.3) is 0 Å². The maximum absolute atomic E-state index is 12.4. The van der Waals surface area contributed by atoms with E-state index >= 15 is 0 Å². The second kappa shape index (κ2) is 8.78. The zero-order valence-electron chi connectivity index (χ0n) is 14.4. The summed E-state index contributed by atoms with van der Waals surface area (Å²) in [7, 11) is 4.15. The van der Waals surface area contributed by atoms with Crippen molar-refractivity contribution in [3.8, 4) is 11.5 Å². The van der Waals surface area contributed by atoms with Crippen LogP contribution in [0.15, 0.2) is 30.3 Å². The smallest absolute Gasteiger partial charge is 0.340 e. The first kappa shape index (κ1) is 19.9. The molecule has 138 valence electrons. The van der Waals surface area contributed by atoms with Gasteiger partial charge in [-0.3, -0.25) is 4.79 Å². The molecule has 0 atom stereocenters. The highest BCUT2D eigenvalue weighted by molar-refractivity contribution is 6.35. The minimum atomic E-state index is -0.620. The van der Waals surface area contributed by atoms with Gasteiger partial charge in [0.15, 0.2) is 11.5 Å². The molecule has 8 heteroatoms. The molecular weight excluding hydrogens is 381 g/mol. The summed E-state index contributed by atoms with van der Waals surface area (Å²) in [5.74, 6) is -0.288. The van der Waals surface area contributed by atoms with Gasteiger partial charge in [0, 0.05) is 22.2 Å². The standard InChI is InChI=1S/C18H17Cl2NO5/c1-24-15-8-12(18(23)26-3)14(9-16(15)25-2)21-17(22)6-10-4-5-11(19)7-13(10)20/h4-5,7-9H,6H2,1-3H3,(H,21,22). The molecule has 1 N–H and O–H groups in total. The van der Waals surface area contributed by atoms with E-state index in [2.05, 4.69) is 5.32 Å². The molecule has 0 fully saturated rings. The lowest BCUT2D eigenvalue weighted by Gasteiger charge is -2.15. The Kier molecular flexibility index (Phi) is 6.71. The maximum Gasteiger partial charge on any atom is 0.340 e. The van der Waals surface area contributed by atoms with Crippen molar-refractivity contribution in [1.82, 2.24) is 0 Å². The van der Waals surface area contributed by atoms with Gasteiger partial charge in [-0.2, -0.15) is 0 Å². The largest absolute Gasteiger partial charge is 0.493 e. The number of rotatable bonds is 6. The molecule has 0 aromatic heterocycles. The Balaban J connectivity index is 2.31. The first-order chi connectivity index (χ1) is 12.4. The van der Waals surface area contributed by atoms with Crippen molar-refractivity contribution >= 4 is 40.8 Å². The summed E-state index contributed by atoms with van der Waals surface area (Å²) in [6.07, 6.45) is 0.00492. The third-order valence-electron chi connectivity index (χ3n) is 3.57. The van der Waals surface area contributed by atoms with E-state index in [9.17, 15) is 9.59 Å². The van der Waals surface area contributed by atoms with Gasteiger partial charge in [-0.05, 0) is 17.7 Å². The average molecular weight is 398 g/mol. The highest BCUT2D eigenvalue weighted by Crippen LogP contribution is 2.34. The van der Waals surface area contributed by atoms with Gasteiger partial charge in [0.25, 0.3) is 0 Å². The van der Waals surface area contributed by atoms with Crippen molar-refractivity contribution in [1.29, 1.82) is 0 Å². The van der Waals surface area contributed by atoms with Gasteiger partial charge in [-0.1, -0.05) is 29.3 Å². The zero-order chi connectivity index (χ0) is 19.3. The lowest BCUT2D eigenvalue weighted by Crippen LogP contribution is -2.17. The van der Waals surface area contributed by atoms with E-state index in [0.29, 0.717) is 27.1 Å². The summed E-state index contributed by atoms with van der Waals surface area (Å²) in [5, 5.41) is 3.54. The first-order valence-corrected chi connectivity index (χ1v) is 8.23. The summed E-state index contributed by atoms with van der Waals surface area (Å²) >= 11 is 11.9. The van der Waals surface area contributed by atoms with Crippen molar-refractivity contribution in [2.45, 2.75) is 6.42 Å². The number of methoxy groups -OCH3 is 3. The van der Waals surface area contributed by atoms with Gasteiger partial charge in [0.2, 0.25) is 5.91 Å². The number of carbonyl (C=O) groups is 2. The van der Waals surface area contributed by atoms with E-state index in [1.165, 1.54) is 33.5 Å². The van der Waals surface area contributed by atoms with Crippen molar-refractivity contribution in [3.05, 3.63) is 51.5 Å². The van der Waals surface area contributed by atoms with Crippen LogP contribution in [-0.4, -0.2) is 33.2 Å². The Hall–Kier alpha value is -2.44. The molecular formula is C18H17Cl2NO5. The fraction of sp³-hybridized carbons (Fsp3) is 0.222. The average Bonchev–Trinajstić information content (AvgIpc) is 2.62. The Morgan fingerprint density at radius 2 is 1.65 bits per heavy atom. The van der Waals surface area contributed by atoms with Gasteiger partial charge in [-0.25, -0.2) is 4.79 Å². The van der Waals surface area contributed by atoms with E-state index in [1.54, 1.807) is 18.2 Å². The fourth-order valence-corrected chi connectivity index (χ4v) is 2.77. The van der Waals surface area contributed by atoms with Crippen LogP contribution in [0.1, 0.15) is 15.9 Å². The Morgan fingerprint density at radius 3 is 2.23 bits per heavy atom. The van der Waals surface area contributed by atoms with Crippen LogP contribution < -0.4 is 14.8 Å². The van der Waals surface area contributed by atoms with Crippen molar-refractivity contribution in [2.75, 3.05) is 26.6 Å². The van der Waals surface area contributed by atoms with E-state index < -0.39 is 5.97 Å². The van der Waals surface area contributed by atoms with Crippen molar-refractivity contribution in [3.63, 3.8) is 0 Å². The number of esters is 1. The molecule has 1 amide bonds. The molecule has 0 aliphatic carbocycles. The normalized spacial score (nSPS) is 10.2. The molecule has 0 unspecified atom stereocenters. The summed E-state index contributed by atoms with van der Waals surface area (Å²) in [6.45, 7) is 0. The van der Waals surface area contributed by atoms with Crippen LogP contribution >= 0.6 is 23.2 Å². The van der Waals surface area contributed by atoms with Gasteiger partial charge in [0.05, 0.1) is 39.0 Å². The molecule has 0 saturated heterocycles. The quantitative estimate of drug-likeness (QED) is 0.746. The highest BCUT2D eigenvalue weighted by atomic mass is 35.5. The number of ether oxygens (including phenoxy) is 3. The SMILES string of the molecule is COC(=O)c1cc(OC)c(OC)cc1NC(=O)Cc1ccc(Cl)cc1Cl. The van der Waals surface area contributed by atoms with Gasteiger partial charge < -0.3 is 19.5 Å². The molecule has 0 aliphatic heterocycles. The number of hydrogen-bond acceptors (Lipinski definition) is 5. The highest BCUT2D eigenvalue weighted by Gasteiger charge is 2.19. The monoisotopic (exact) mass is 397 g/mol. The Labute approximate surface area is 160 Å². The lowest BCUT2D eigenvalue weighted by atomic mass is 10.1. The number of halogens is 2. The summed E-state index contributed by atoms with van der Waals surface area (Å²) in [6, 6.07) is 7.80. The molecule has 0 radical (unpaired) electrons. The summed E-state index contributed by atoms with van der Waals surface area (Å²) in [5.41, 5.74) is 0.985. The van der Waals surface area contributed by atoms with E-state index in [0.717, 1.165) is 0 Å². The molecule has 0 spiro atoms. The van der Waals surface area contributed by atoms with Crippen molar-refractivity contribution in [2.24, 2.45) is 0 Å². The lowest BCUT2D eigenvalue weighted by molar-refractivity contribution is -0.115. The number of benzene rings is 2. The number of carbonyl (C=O) groups excluding carboxylic acids is 2. The molecule has 0 bridgehead atoms. The van der Waals surface area contributed by atoms with Gasteiger partial charge in [-0.15, -0.1) is 0 Å². The molecule has 26 heavy (non-hydrogen) atoms. The third kappa shape index (κ3) is 4.59. The van der Waals surface area contributed by atoms with E-state index in [-0.39, 0.29) is 23.6 Å². The molecule has 2 aromatic rings. The van der Waals surface area contributed by atoms with Crippen LogP contribution in [0, 0.1) is 0 Å². The molecule has 0 heterocycles. The minimum absolute atomic E-state index is 0.00492. The topological polar surface area (TPSA) is 73.9 Å². The number of anilines is 1. The number of hydrogen-bond donors (Lipinski definition) is 1. The number of nitrogens with one attached hydrogen (secondary N) is 1. The van der Waals surface area contributed by atoms with Gasteiger partial charge in [0.1, 0.15) is 0 Å². The van der Waals surface area contributed by atoms with Crippen LogP contribution in [0.5, 0.6) is 11.5 Å². The molecule has 0 aliphatic rings. The molecule has 2 rings (SSSR count). The molecule has 0 saturated carbocycles. The Bertz CT molecular complexity index is 839. The van der Waals surface area contributed by atoms with Crippen LogP contribution in [0.3, 0.4) is 0 Å². The Morgan fingerprint density at radius 1 is 1.00 bits per heavy atom. The van der Waals surface area contributed by atoms with E-state index in [1.807, 2.05) is 0 Å². The van der Waals surface area contributed by atoms with Gasteiger partial charge >= 0.3 is 5.97 Å². The second-order valence-corrected chi connectivity index (χ2v) is 6.05. The van der Waals surface area contributed by atoms with Crippen LogP contribution in [-0.2, 0) is 16.0 Å².